The van der Waals surface area contributed by atoms with Crippen LogP contribution in [0.3, 0.4) is 0 Å². The molecule has 3 aromatic carbocycles. The Morgan fingerprint density at radius 3 is 2.76 bits per heavy atom. The zero-order valence-electron chi connectivity index (χ0n) is 21.0. The normalized spacial score (nSPS) is 16.6. The number of amides is 3. The highest BCUT2D eigenvalue weighted by Gasteiger charge is 2.34. The van der Waals surface area contributed by atoms with Crippen LogP contribution in [0.2, 0.25) is 5.02 Å². The molecule has 2 aliphatic heterocycles. The number of ether oxygens (including phenoxy) is 1. The fourth-order valence-corrected chi connectivity index (χ4v) is 5.64. The van der Waals surface area contributed by atoms with E-state index in [0.717, 1.165) is 40.7 Å². The third kappa shape index (κ3) is 5.66. The van der Waals surface area contributed by atoms with E-state index in [2.05, 4.69) is 22.0 Å². The lowest BCUT2D eigenvalue weighted by Gasteiger charge is -2.26. The molecule has 0 spiro atoms. The number of anilines is 1. The van der Waals surface area contributed by atoms with Crippen LogP contribution >= 0.6 is 27.5 Å². The van der Waals surface area contributed by atoms with E-state index in [1.54, 1.807) is 11.9 Å². The minimum Gasteiger partial charge on any atom is -0.457 e. The summed E-state index contributed by atoms with van der Waals surface area (Å²) in [5, 5.41) is -0.0253. The third-order valence-electron chi connectivity index (χ3n) is 7.10. The van der Waals surface area contributed by atoms with Crippen molar-refractivity contribution >= 4 is 45.2 Å². The Morgan fingerprint density at radius 2 is 2.00 bits per heavy atom. The summed E-state index contributed by atoms with van der Waals surface area (Å²) in [5.74, 6) is 0.815. The lowest BCUT2D eigenvalue weighted by molar-refractivity contribution is -0.127. The van der Waals surface area contributed by atoms with Crippen molar-refractivity contribution in [1.29, 1.82) is 0 Å². The van der Waals surface area contributed by atoms with Gasteiger partial charge in [0.1, 0.15) is 17.3 Å². The van der Waals surface area contributed by atoms with Gasteiger partial charge in [-0.05, 0) is 48.7 Å². The fourth-order valence-electron chi connectivity index (χ4n) is 5.13. The van der Waals surface area contributed by atoms with Gasteiger partial charge in [0.25, 0.3) is 0 Å². The lowest BCUT2D eigenvalue weighted by atomic mass is 9.98. The molecule has 1 unspecified atom stereocenters. The summed E-state index contributed by atoms with van der Waals surface area (Å²) in [5.41, 5.74) is 2.85. The minimum atomic E-state index is -0.518. The maximum atomic E-state index is 13.7. The Morgan fingerprint density at radius 1 is 1.18 bits per heavy atom. The van der Waals surface area contributed by atoms with Gasteiger partial charge in [-0.3, -0.25) is 9.69 Å². The molecule has 5 rings (SSSR count). The van der Waals surface area contributed by atoms with Crippen LogP contribution < -0.4 is 9.64 Å². The molecule has 3 amide bonds. The first-order valence-corrected chi connectivity index (χ1v) is 13.8. The summed E-state index contributed by atoms with van der Waals surface area (Å²) in [4.78, 5) is 31.2. The number of carbonyl (C=O) groups is 2. The second-order valence-corrected chi connectivity index (χ2v) is 11.0. The van der Waals surface area contributed by atoms with E-state index < -0.39 is 5.82 Å². The number of halogens is 3. The Hall–Kier alpha value is -3.10. The maximum absolute atomic E-state index is 13.7. The highest BCUT2D eigenvalue weighted by molar-refractivity contribution is 9.10. The lowest BCUT2D eigenvalue weighted by Crippen LogP contribution is -2.40. The Bertz CT molecular complexity index is 1370. The van der Waals surface area contributed by atoms with Gasteiger partial charge in [0.15, 0.2) is 0 Å². The topological polar surface area (TPSA) is 53.1 Å². The molecule has 9 heteroatoms. The van der Waals surface area contributed by atoms with Gasteiger partial charge in [0.2, 0.25) is 5.91 Å². The van der Waals surface area contributed by atoms with Gasteiger partial charge in [-0.25, -0.2) is 9.18 Å². The number of hydrogen-bond donors (Lipinski definition) is 0. The van der Waals surface area contributed by atoms with Crippen LogP contribution in [-0.2, 0) is 11.3 Å². The van der Waals surface area contributed by atoms with Crippen LogP contribution in [0.5, 0.6) is 11.5 Å². The van der Waals surface area contributed by atoms with Gasteiger partial charge in [-0.15, -0.1) is 0 Å². The molecule has 3 aromatic rings. The molecule has 1 saturated heterocycles. The fraction of sp³-hybridized carbons (Fsp3) is 0.310. The number of likely N-dealkylation sites (tertiary alicyclic amines) is 1. The van der Waals surface area contributed by atoms with Gasteiger partial charge >= 0.3 is 6.03 Å². The number of carbonyl (C=O) groups excluding carboxylic acids is 2. The molecule has 0 N–H and O–H groups in total. The van der Waals surface area contributed by atoms with Gasteiger partial charge in [-0.2, -0.15) is 0 Å². The van der Waals surface area contributed by atoms with E-state index in [1.807, 2.05) is 46.2 Å². The predicted octanol–water partition coefficient (Wildman–Crippen LogP) is 7.20. The number of rotatable bonds is 7. The molecular formula is C29H28BrClFN3O3. The number of nitrogens with zero attached hydrogens (tertiary/aromatic N) is 3. The average molecular weight is 601 g/mol. The minimum absolute atomic E-state index is 0.0253. The van der Waals surface area contributed by atoms with Crippen LogP contribution in [-0.4, -0.2) is 48.4 Å². The smallest absolute Gasteiger partial charge is 0.324 e. The molecule has 1 atom stereocenters. The number of benzene rings is 3. The van der Waals surface area contributed by atoms with Crippen LogP contribution in [0.15, 0.2) is 65.1 Å². The molecule has 0 radical (unpaired) electrons. The van der Waals surface area contributed by atoms with Crippen molar-refractivity contribution in [3.63, 3.8) is 0 Å². The monoisotopic (exact) mass is 599 g/mol. The standard InChI is InChI=1S/C29H28BrClFN3O3/c1-33(17-20-8-9-21(30)15-27(20)38-22-10-11-25(32)24(31)16-22)29(37)35-18-19(23-5-2-3-6-26(23)35)12-14-34-13-4-7-28(34)36/h2-3,5-6,8-11,15-16,19H,4,7,12-14,17-18H2,1H3. The van der Waals surface area contributed by atoms with Crippen LogP contribution in [0.25, 0.3) is 0 Å². The summed E-state index contributed by atoms with van der Waals surface area (Å²) in [6.45, 7) is 2.41. The predicted molar refractivity (Wildman–Crippen MR) is 149 cm³/mol. The van der Waals surface area contributed by atoms with Crippen molar-refractivity contribution in [2.24, 2.45) is 0 Å². The first-order chi connectivity index (χ1) is 18.3. The molecule has 2 heterocycles. The van der Waals surface area contributed by atoms with Crippen LogP contribution in [0.1, 0.15) is 36.3 Å². The van der Waals surface area contributed by atoms with Crippen molar-refractivity contribution in [3.05, 3.63) is 87.1 Å². The molecule has 0 aromatic heterocycles. The number of urea groups is 1. The molecule has 0 saturated carbocycles. The van der Waals surface area contributed by atoms with Crippen molar-refractivity contribution in [1.82, 2.24) is 9.80 Å². The highest BCUT2D eigenvalue weighted by atomic mass is 79.9. The SMILES string of the molecule is CN(Cc1ccc(Br)cc1Oc1ccc(F)c(Cl)c1)C(=O)N1CC(CCN2CCCC2=O)c2ccccc21. The summed E-state index contributed by atoms with van der Waals surface area (Å²) in [6, 6.07) is 17.7. The average Bonchev–Trinajstić information content (AvgIpc) is 3.49. The Labute approximate surface area is 235 Å². The Balaban J connectivity index is 1.30. The second kappa shape index (κ2) is 11.3. The highest BCUT2D eigenvalue weighted by Crippen LogP contribution is 2.39. The van der Waals surface area contributed by atoms with Crippen molar-refractivity contribution in [3.8, 4) is 11.5 Å². The van der Waals surface area contributed by atoms with Crippen molar-refractivity contribution < 1.29 is 18.7 Å². The van der Waals surface area contributed by atoms with Gasteiger partial charge < -0.3 is 14.5 Å². The molecule has 0 bridgehead atoms. The Kier molecular flexibility index (Phi) is 7.91. The van der Waals surface area contributed by atoms with Gasteiger partial charge in [0, 0.05) is 60.8 Å². The van der Waals surface area contributed by atoms with E-state index in [-0.39, 0.29) is 22.9 Å². The number of fused-ring (bicyclic) bond motifs is 1. The van der Waals surface area contributed by atoms with Gasteiger partial charge in [-0.1, -0.05) is 51.8 Å². The third-order valence-corrected chi connectivity index (χ3v) is 7.89. The quantitative estimate of drug-likeness (QED) is 0.288. The van der Waals surface area contributed by atoms with E-state index in [1.165, 1.54) is 18.2 Å². The van der Waals surface area contributed by atoms with Crippen molar-refractivity contribution in [2.75, 3.05) is 31.6 Å². The molecule has 38 heavy (non-hydrogen) atoms. The molecule has 1 fully saturated rings. The van der Waals surface area contributed by atoms with Gasteiger partial charge in [0.05, 0.1) is 11.6 Å². The summed E-state index contributed by atoms with van der Waals surface area (Å²) in [7, 11) is 1.77. The zero-order valence-corrected chi connectivity index (χ0v) is 23.3. The van der Waals surface area contributed by atoms with E-state index in [4.69, 9.17) is 16.3 Å². The largest absolute Gasteiger partial charge is 0.457 e. The molecule has 0 aliphatic carbocycles. The zero-order chi connectivity index (χ0) is 26.8. The second-order valence-electron chi connectivity index (χ2n) is 9.71. The first kappa shape index (κ1) is 26.5. The molecular weight excluding hydrogens is 573 g/mol. The summed E-state index contributed by atoms with van der Waals surface area (Å²) >= 11 is 9.40. The summed E-state index contributed by atoms with van der Waals surface area (Å²) < 4.78 is 20.4. The van der Waals surface area contributed by atoms with E-state index in [9.17, 15) is 14.0 Å². The maximum Gasteiger partial charge on any atom is 0.324 e. The van der Waals surface area contributed by atoms with E-state index in [0.29, 0.717) is 37.6 Å². The number of para-hydroxylation sites is 1. The van der Waals surface area contributed by atoms with E-state index >= 15 is 0 Å². The molecule has 2 aliphatic rings. The van der Waals surface area contributed by atoms with Crippen LogP contribution in [0.4, 0.5) is 14.9 Å². The van der Waals surface area contributed by atoms with Crippen molar-refractivity contribution in [2.45, 2.75) is 31.7 Å². The number of hydrogen-bond acceptors (Lipinski definition) is 3. The first-order valence-electron chi connectivity index (χ1n) is 12.6. The summed E-state index contributed by atoms with van der Waals surface area (Å²) in [6.07, 6.45) is 2.37. The van der Waals surface area contributed by atoms with Crippen LogP contribution in [0, 0.1) is 5.82 Å². The molecule has 198 valence electrons. The molecule has 6 nitrogen and oxygen atoms in total.